The maximum absolute atomic E-state index is 11.1. The molecule has 20 heavy (non-hydrogen) atoms. The normalized spacial score (nSPS) is 27.4. The molecule has 0 saturated carbocycles. The quantitative estimate of drug-likeness (QED) is 0.831. The van der Waals surface area contributed by atoms with E-state index in [0.29, 0.717) is 29.1 Å². The highest BCUT2D eigenvalue weighted by Crippen LogP contribution is 2.29. The van der Waals surface area contributed by atoms with Crippen LogP contribution in [0.25, 0.3) is 0 Å². The SMILES string of the molecule is CC1CC(C)C(C)N(Cc2ccc(C(N)=O)cc2N)C1. The molecule has 1 aliphatic rings. The second-order valence-corrected chi connectivity index (χ2v) is 6.27. The highest BCUT2D eigenvalue weighted by Gasteiger charge is 2.28. The molecular weight excluding hydrogens is 250 g/mol. The summed E-state index contributed by atoms with van der Waals surface area (Å²) in [6.45, 7) is 8.83. The molecule has 1 aliphatic heterocycles. The first-order valence-corrected chi connectivity index (χ1v) is 7.30. The molecule has 4 nitrogen and oxygen atoms in total. The van der Waals surface area contributed by atoms with Gasteiger partial charge in [0.2, 0.25) is 5.91 Å². The smallest absolute Gasteiger partial charge is 0.248 e. The number of hydrogen-bond acceptors (Lipinski definition) is 3. The van der Waals surface area contributed by atoms with Crippen LogP contribution in [0, 0.1) is 11.8 Å². The van der Waals surface area contributed by atoms with Crippen LogP contribution in [0.2, 0.25) is 0 Å². The third-order valence-electron chi connectivity index (χ3n) is 4.52. The van der Waals surface area contributed by atoms with Gasteiger partial charge in [-0.1, -0.05) is 19.9 Å². The zero-order valence-electron chi connectivity index (χ0n) is 12.6. The van der Waals surface area contributed by atoms with Gasteiger partial charge in [0.1, 0.15) is 0 Å². The number of rotatable bonds is 3. The molecule has 1 aromatic rings. The fourth-order valence-electron chi connectivity index (χ4n) is 3.15. The molecule has 0 aliphatic carbocycles. The Labute approximate surface area is 121 Å². The van der Waals surface area contributed by atoms with Crippen LogP contribution in [0.1, 0.15) is 43.1 Å². The second kappa shape index (κ2) is 5.83. The predicted molar refractivity (Wildman–Crippen MR) is 82.2 cm³/mol. The lowest BCUT2D eigenvalue weighted by molar-refractivity contribution is 0.0731. The Morgan fingerprint density at radius 1 is 1.35 bits per heavy atom. The van der Waals surface area contributed by atoms with Crippen LogP contribution in [0.3, 0.4) is 0 Å². The molecular formula is C16H25N3O. The summed E-state index contributed by atoms with van der Waals surface area (Å²) in [4.78, 5) is 13.6. The van der Waals surface area contributed by atoms with E-state index in [-0.39, 0.29) is 0 Å². The van der Waals surface area contributed by atoms with Gasteiger partial charge in [-0.15, -0.1) is 0 Å². The van der Waals surface area contributed by atoms with E-state index in [4.69, 9.17) is 11.5 Å². The lowest BCUT2D eigenvalue weighted by Crippen LogP contribution is -2.45. The molecule has 0 spiro atoms. The van der Waals surface area contributed by atoms with E-state index in [1.165, 1.54) is 6.42 Å². The summed E-state index contributed by atoms with van der Waals surface area (Å²) in [6.07, 6.45) is 1.29. The molecule has 3 unspecified atom stereocenters. The lowest BCUT2D eigenvalue weighted by atomic mass is 9.85. The van der Waals surface area contributed by atoms with E-state index in [1.807, 2.05) is 6.07 Å². The third kappa shape index (κ3) is 3.12. The summed E-state index contributed by atoms with van der Waals surface area (Å²) >= 11 is 0. The number of likely N-dealkylation sites (tertiary alicyclic amines) is 1. The van der Waals surface area contributed by atoms with Gasteiger partial charge < -0.3 is 11.5 Å². The molecule has 1 fully saturated rings. The van der Waals surface area contributed by atoms with Gasteiger partial charge >= 0.3 is 0 Å². The highest BCUT2D eigenvalue weighted by atomic mass is 16.1. The van der Waals surface area contributed by atoms with Crippen molar-refractivity contribution in [3.63, 3.8) is 0 Å². The van der Waals surface area contributed by atoms with Crippen molar-refractivity contribution < 1.29 is 4.79 Å². The average molecular weight is 275 g/mol. The summed E-state index contributed by atoms with van der Waals surface area (Å²) in [7, 11) is 0. The maximum Gasteiger partial charge on any atom is 0.248 e. The molecule has 110 valence electrons. The number of amides is 1. The van der Waals surface area contributed by atoms with Gasteiger partial charge in [0, 0.05) is 30.4 Å². The van der Waals surface area contributed by atoms with E-state index in [2.05, 4.69) is 25.7 Å². The van der Waals surface area contributed by atoms with E-state index < -0.39 is 5.91 Å². The number of hydrogen-bond donors (Lipinski definition) is 2. The summed E-state index contributed by atoms with van der Waals surface area (Å²) < 4.78 is 0. The van der Waals surface area contributed by atoms with Gasteiger partial charge in [-0.25, -0.2) is 0 Å². The fourth-order valence-corrected chi connectivity index (χ4v) is 3.15. The largest absolute Gasteiger partial charge is 0.398 e. The van der Waals surface area contributed by atoms with Crippen LogP contribution in [0.4, 0.5) is 5.69 Å². The molecule has 2 rings (SSSR count). The van der Waals surface area contributed by atoms with Gasteiger partial charge in [0.25, 0.3) is 0 Å². The number of nitrogen functional groups attached to an aromatic ring is 1. The van der Waals surface area contributed by atoms with Crippen molar-refractivity contribution in [3.8, 4) is 0 Å². The average Bonchev–Trinajstić information content (AvgIpc) is 2.37. The van der Waals surface area contributed by atoms with Crippen molar-refractivity contribution in [3.05, 3.63) is 29.3 Å². The minimum absolute atomic E-state index is 0.433. The Hall–Kier alpha value is -1.55. The van der Waals surface area contributed by atoms with Crippen LogP contribution in [-0.2, 0) is 6.54 Å². The van der Waals surface area contributed by atoms with Crippen molar-refractivity contribution in [2.24, 2.45) is 17.6 Å². The Bertz CT molecular complexity index is 500. The van der Waals surface area contributed by atoms with Gasteiger partial charge in [-0.2, -0.15) is 0 Å². The zero-order valence-corrected chi connectivity index (χ0v) is 12.6. The minimum atomic E-state index is -0.433. The van der Waals surface area contributed by atoms with Crippen LogP contribution in [0.15, 0.2) is 18.2 Å². The van der Waals surface area contributed by atoms with Crippen molar-refractivity contribution in [2.75, 3.05) is 12.3 Å². The Balaban J connectivity index is 2.15. The number of carbonyl (C=O) groups excluding carboxylic acids is 1. The van der Waals surface area contributed by atoms with Crippen molar-refractivity contribution in [2.45, 2.75) is 39.8 Å². The zero-order chi connectivity index (χ0) is 14.9. The van der Waals surface area contributed by atoms with E-state index in [0.717, 1.165) is 18.7 Å². The monoisotopic (exact) mass is 275 g/mol. The van der Waals surface area contributed by atoms with Gasteiger partial charge in [-0.05, 0) is 42.9 Å². The van der Waals surface area contributed by atoms with Crippen molar-refractivity contribution >= 4 is 11.6 Å². The lowest BCUT2D eigenvalue weighted by Gasteiger charge is -2.41. The topological polar surface area (TPSA) is 72.3 Å². The number of nitrogens with two attached hydrogens (primary N) is 2. The second-order valence-electron chi connectivity index (χ2n) is 6.27. The summed E-state index contributed by atoms with van der Waals surface area (Å²) in [5.41, 5.74) is 13.5. The molecule has 1 aromatic carbocycles. The summed E-state index contributed by atoms with van der Waals surface area (Å²) in [5.74, 6) is 0.981. The molecule has 0 aromatic heterocycles. The molecule has 0 radical (unpaired) electrons. The molecule has 4 N–H and O–H groups in total. The molecule has 0 bridgehead atoms. The summed E-state index contributed by atoms with van der Waals surface area (Å²) in [6, 6.07) is 5.92. The number of piperidine rings is 1. The van der Waals surface area contributed by atoms with Crippen molar-refractivity contribution in [1.82, 2.24) is 4.90 Å². The van der Waals surface area contributed by atoms with Gasteiger partial charge in [0.05, 0.1) is 0 Å². The number of anilines is 1. The number of primary amides is 1. The first-order chi connectivity index (χ1) is 9.38. The molecule has 1 saturated heterocycles. The number of nitrogens with zero attached hydrogens (tertiary/aromatic N) is 1. The molecule has 3 atom stereocenters. The Morgan fingerprint density at radius 2 is 2.05 bits per heavy atom. The highest BCUT2D eigenvalue weighted by molar-refractivity contribution is 5.93. The summed E-state index contributed by atoms with van der Waals surface area (Å²) in [5, 5.41) is 0. The van der Waals surface area contributed by atoms with E-state index >= 15 is 0 Å². The first kappa shape index (κ1) is 14.9. The van der Waals surface area contributed by atoms with E-state index in [1.54, 1.807) is 12.1 Å². The Kier molecular flexibility index (Phi) is 4.33. The third-order valence-corrected chi connectivity index (χ3v) is 4.52. The van der Waals surface area contributed by atoms with Gasteiger partial charge in [-0.3, -0.25) is 9.69 Å². The standard InChI is InChI=1S/C16H25N3O/c1-10-6-11(2)12(3)19(8-10)9-14-5-4-13(16(18)20)7-15(14)17/h4-5,7,10-12H,6,8-9,17H2,1-3H3,(H2,18,20). The van der Waals surface area contributed by atoms with Crippen LogP contribution in [0.5, 0.6) is 0 Å². The minimum Gasteiger partial charge on any atom is -0.398 e. The van der Waals surface area contributed by atoms with Crippen LogP contribution in [-0.4, -0.2) is 23.4 Å². The van der Waals surface area contributed by atoms with E-state index in [9.17, 15) is 4.79 Å². The first-order valence-electron chi connectivity index (χ1n) is 7.30. The molecule has 1 heterocycles. The maximum atomic E-state index is 11.1. The Morgan fingerprint density at radius 3 is 2.65 bits per heavy atom. The van der Waals surface area contributed by atoms with Gasteiger partial charge in [0.15, 0.2) is 0 Å². The van der Waals surface area contributed by atoms with Crippen LogP contribution >= 0.6 is 0 Å². The fraction of sp³-hybridized carbons (Fsp3) is 0.562. The number of carbonyl (C=O) groups is 1. The van der Waals surface area contributed by atoms with Crippen molar-refractivity contribution in [1.29, 1.82) is 0 Å². The molecule has 1 amide bonds. The number of benzene rings is 1. The molecule has 4 heteroatoms. The van der Waals surface area contributed by atoms with Crippen LogP contribution < -0.4 is 11.5 Å². The predicted octanol–water partition coefficient (Wildman–Crippen LogP) is 2.23.